The highest BCUT2D eigenvalue weighted by atomic mass is 32.2. The molecule has 3 aromatic rings. The number of hydrogen-bond acceptors (Lipinski definition) is 6. The van der Waals surface area contributed by atoms with Gasteiger partial charge in [0.15, 0.2) is 11.6 Å². The monoisotopic (exact) mass is 414 g/mol. The second-order valence-electron chi connectivity index (χ2n) is 7.57. The standard InChI is InChI=1S/C21H22N2O5S/c1-21(2)12-15-19(14-11-13(26-3)9-10-16(14)21)28-22-20(15)23-29(24,25)18-8-6-5-7-17(18)27-4/h5-11H,12H2,1-4H3,(H,22,23). The van der Waals surface area contributed by atoms with E-state index in [1.165, 1.54) is 13.2 Å². The van der Waals surface area contributed by atoms with Crippen molar-refractivity contribution in [3.8, 4) is 22.8 Å². The van der Waals surface area contributed by atoms with E-state index in [4.69, 9.17) is 14.0 Å². The number of para-hydroxylation sites is 1. The lowest BCUT2D eigenvalue weighted by Crippen LogP contribution is -2.26. The van der Waals surface area contributed by atoms with Crippen LogP contribution < -0.4 is 14.2 Å². The SMILES string of the molecule is COc1ccc2c(c1)-c1onc(NS(=O)(=O)c3ccccc3OC)c1CC2(C)C. The number of methoxy groups -OCH3 is 2. The Morgan fingerprint density at radius 3 is 2.59 bits per heavy atom. The van der Waals surface area contributed by atoms with Crippen LogP contribution in [0.3, 0.4) is 0 Å². The molecule has 0 saturated carbocycles. The van der Waals surface area contributed by atoms with Gasteiger partial charge in [0.25, 0.3) is 10.0 Å². The maximum absolute atomic E-state index is 13.0. The number of nitrogens with one attached hydrogen (secondary N) is 1. The predicted octanol–water partition coefficient (Wildman–Crippen LogP) is 3.99. The summed E-state index contributed by atoms with van der Waals surface area (Å²) >= 11 is 0. The van der Waals surface area contributed by atoms with Crippen LogP contribution in [-0.4, -0.2) is 27.8 Å². The third-order valence-corrected chi connectivity index (χ3v) is 6.58. The fourth-order valence-electron chi connectivity index (χ4n) is 3.75. The fourth-order valence-corrected chi connectivity index (χ4v) is 4.95. The number of aromatic nitrogens is 1. The molecule has 0 radical (unpaired) electrons. The van der Waals surface area contributed by atoms with Crippen LogP contribution in [0.1, 0.15) is 25.0 Å². The minimum Gasteiger partial charge on any atom is -0.497 e. The maximum Gasteiger partial charge on any atom is 0.266 e. The van der Waals surface area contributed by atoms with E-state index in [1.54, 1.807) is 25.3 Å². The lowest BCUT2D eigenvalue weighted by Gasteiger charge is -2.31. The molecule has 4 rings (SSSR count). The van der Waals surface area contributed by atoms with Crippen molar-refractivity contribution in [1.82, 2.24) is 5.16 Å². The zero-order valence-electron chi connectivity index (χ0n) is 16.6. The number of hydrogen-bond donors (Lipinski definition) is 1. The van der Waals surface area contributed by atoms with E-state index in [9.17, 15) is 8.42 Å². The van der Waals surface area contributed by atoms with Crippen LogP contribution >= 0.6 is 0 Å². The van der Waals surface area contributed by atoms with Gasteiger partial charge in [-0.15, -0.1) is 0 Å². The molecule has 0 atom stereocenters. The Hall–Kier alpha value is -3.00. The first-order valence-corrected chi connectivity index (χ1v) is 10.6. The molecule has 0 saturated heterocycles. The molecule has 152 valence electrons. The molecular weight excluding hydrogens is 392 g/mol. The molecular formula is C21H22N2O5S. The highest BCUT2D eigenvalue weighted by Gasteiger charge is 2.37. The topological polar surface area (TPSA) is 90.7 Å². The number of nitrogens with zero attached hydrogens (tertiary/aromatic N) is 1. The lowest BCUT2D eigenvalue weighted by molar-refractivity contribution is 0.403. The molecule has 0 fully saturated rings. The first-order valence-electron chi connectivity index (χ1n) is 9.10. The zero-order chi connectivity index (χ0) is 20.8. The number of rotatable bonds is 5. The van der Waals surface area contributed by atoms with Crippen LogP contribution in [0.15, 0.2) is 51.9 Å². The van der Waals surface area contributed by atoms with Crippen molar-refractivity contribution in [1.29, 1.82) is 0 Å². The Bertz CT molecular complexity index is 1180. The molecule has 1 aliphatic rings. The summed E-state index contributed by atoms with van der Waals surface area (Å²) in [6.45, 7) is 4.21. The summed E-state index contributed by atoms with van der Waals surface area (Å²) in [5.74, 6) is 1.69. The van der Waals surface area contributed by atoms with Crippen molar-refractivity contribution in [3.63, 3.8) is 0 Å². The Morgan fingerprint density at radius 1 is 1.10 bits per heavy atom. The molecule has 7 nitrogen and oxygen atoms in total. The molecule has 0 aliphatic heterocycles. The predicted molar refractivity (Wildman–Crippen MR) is 109 cm³/mol. The lowest BCUT2D eigenvalue weighted by atomic mass is 9.72. The van der Waals surface area contributed by atoms with E-state index in [2.05, 4.69) is 23.7 Å². The van der Waals surface area contributed by atoms with Gasteiger partial charge < -0.3 is 14.0 Å². The molecule has 2 aromatic carbocycles. The molecule has 1 aromatic heterocycles. The molecule has 0 bridgehead atoms. The summed E-state index contributed by atoms with van der Waals surface area (Å²) in [5, 5.41) is 4.04. The highest BCUT2D eigenvalue weighted by Crippen LogP contribution is 2.47. The summed E-state index contributed by atoms with van der Waals surface area (Å²) in [6, 6.07) is 12.2. The molecule has 1 N–H and O–H groups in total. The molecule has 1 aliphatic carbocycles. The number of sulfonamides is 1. The third-order valence-electron chi connectivity index (χ3n) is 5.20. The molecule has 1 heterocycles. The molecule has 29 heavy (non-hydrogen) atoms. The number of anilines is 1. The summed E-state index contributed by atoms with van der Waals surface area (Å²) in [4.78, 5) is 0.0383. The summed E-state index contributed by atoms with van der Waals surface area (Å²) < 4.78 is 44.6. The summed E-state index contributed by atoms with van der Waals surface area (Å²) in [6.07, 6.45) is 0.578. The Kier molecular flexibility index (Phi) is 4.53. The van der Waals surface area contributed by atoms with E-state index in [1.807, 2.05) is 18.2 Å². The van der Waals surface area contributed by atoms with Crippen molar-refractivity contribution in [2.24, 2.45) is 0 Å². The van der Waals surface area contributed by atoms with Crippen molar-refractivity contribution in [3.05, 3.63) is 53.6 Å². The second-order valence-corrected chi connectivity index (χ2v) is 9.22. The maximum atomic E-state index is 13.0. The first-order chi connectivity index (χ1) is 13.8. The van der Waals surface area contributed by atoms with Crippen LogP contribution in [0.2, 0.25) is 0 Å². The second kappa shape index (κ2) is 6.81. The minimum absolute atomic E-state index is 0.0383. The molecule has 0 spiro atoms. The van der Waals surface area contributed by atoms with Gasteiger partial charge in [0, 0.05) is 11.1 Å². The van der Waals surface area contributed by atoms with E-state index < -0.39 is 10.0 Å². The van der Waals surface area contributed by atoms with Crippen LogP contribution in [-0.2, 0) is 21.9 Å². The van der Waals surface area contributed by atoms with Crippen LogP contribution in [0, 0.1) is 0 Å². The smallest absolute Gasteiger partial charge is 0.266 e. The summed E-state index contributed by atoms with van der Waals surface area (Å²) in [7, 11) is -0.878. The molecule has 0 unspecified atom stereocenters. The van der Waals surface area contributed by atoms with Crippen LogP contribution in [0.4, 0.5) is 5.82 Å². The van der Waals surface area contributed by atoms with Crippen molar-refractivity contribution < 1.29 is 22.4 Å². The van der Waals surface area contributed by atoms with E-state index >= 15 is 0 Å². The largest absolute Gasteiger partial charge is 0.497 e. The Balaban J connectivity index is 1.79. The van der Waals surface area contributed by atoms with E-state index in [0.717, 1.165) is 11.1 Å². The number of fused-ring (bicyclic) bond motifs is 3. The van der Waals surface area contributed by atoms with Crippen molar-refractivity contribution >= 4 is 15.8 Å². The van der Waals surface area contributed by atoms with Crippen molar-refractivity contribution in [2.75, 3.05) is 18.9 Å². The average molecular weight is 414 g/mol. The quantitative estimate of drug-likeness (QED) is 0.679. The Morgan fingerprint density at radius 2 is 1.86 bits per heavy atom. The molecule has 8 heteroatoms. The average Bonchev–Trinajstić information content (AvgIpc) is 3.08. The van der Waals surface area contributed by atoms with Crippen LogP contribution in [0.5, 0.6) is 11.5 Å². The molecule has 0 amide bonds. The van der Waals surface area contributed by atoms with E-state index in [-0.39, 0.29) is 21.9 Å². The summed E-state index contributed by atoms with van der Waals surface area (Å²) in [5.41, 5.74) is 2.44. The van der Waals surface area contributed by atoms with Gasteiger partial charge in [0.1, 0.15) is 16.4 Å². The van der Waals surface area contributed by atoms with Gasteiger partial charge >= 0.3 is 0 Å². The van der Waals surface area contributed by atoms with Gasteiger partial charge in [-0.05, 0) is 41.7 Å². The van der Waals surface area contributed by atoms with Gasteiger partial charge in [-0.1, -0.05) is 37.2 Å². The third kappa shape index (κ3) is 3.23. The van der Waals surface area contributed by atoms with Crippen molar-refractivity contribution in [2.45, 2.75) is 30.6 Å². The minimum atomic E-state index is -3.91. The van der Waals surface area contributed by atoms with Gasteiger partial charge in [-0.25, -0.2) is 8.42 Å². The van der Waals surface area contributed by atoms with E-state index in [0.29, 0.717) is 23.5 Å². The van der Waals surface area contributed by atoms with Gasteiger partial charge in [0.2, 0.25) is 0 Å². The number of benzene rings is 2. The zero-order valence-corrected chi connectivity index (χ0v) is 17.5. The van der Waals surface area contributed by atoms with Gasteiger partial charge in [-0.2, -0.15) is 0 Å². The van der Waals surface area contributed by atoms with Crippen LogP contribution in [0.25, 0.3) is 11.3 Å². The number of ether oxygens (including phenoxy) is 2. The first kappa shape index (κ1) is 19.3. The fraction of sp³-hybridized carbons (Fsp3) is 0.286. The van der Waals surface area contributed by atoms with Gasteiger partial charge in [0.05, 0.1) is 14.2 Å². The Labute approximate surface area is 169 Å². The highest BCUT2D eigenvalue weighted by molar-refractivity contribution is 7.92. The van der Waals surface area contributed by atoms with Gasteiger partial charge in [-0.3, -0.25) is 4.72 Å². The normalized spacial score (nSPS) is 14.6.